The molecule has 0 radical (unpaired) electrons. The Kier molecular flexibility index (Phi) is 2.81. The number of carbonyl (C=O) groups is 2. The Morgan fingerprint density at radius 3 is 2.83 bits per heavy atom. The van der Waals surface area contributed by atoms with Crippen LogP contribution in [0.3, 0.4) is 0 Å². The molecular formula is C8H13NO3. The lowest BCUT2D eigenvalue weighted by molar-refractivity contribution is -0.151. The van der Waals surface area contributed by atoms with E-state index in [1.54, 1.807) is 0 Å². The molecule has 1 heterocycles. The van der Waals surface area contributed by atoms with Gasteiger partial charge >= 0.3 is 5.97 Å². The maximum atomic E-state index is 11.4. The number of hydrogen-bond donors (Lipinski definition) is 1. The predicted molar refractivity (Wildman–Crippen MR) is 42.5 cm³/mol. The molecule has 4 heteroatoms. The molecule has 2 atom stereocenters. The summed E-state index contributed by atoms with van der Waals surface area (Å²) in [7, 11) is 1.30. The monoisotopic (exact) mass is 171 g/mol. The number of nitrogens with one attached hydrogen (secondary N) is 1. The Morgan fingerprint density at radius 2 is 2.25 bits per heavy atom. The number of Topliss-reactive ketones (excluding diaryl/α,β-unsaturated/α-hetero) is 1. The van der Waals surface area contributed by atoms with Crippen molar-refractivity contribution >= 4 is 11.8 Å². The molecule has 0 bridgehead atoms. The van der Waals surface area contributed by atoms with Crippen molar-refractivity contribution in [1.82, 2.24) is 5.32 Å². The molecule has 0 spiro atoms. The molecular weight excluding hydrogens is 158 g/mol. The summed E-state index contributed by atoms with van der Waals surface area (Å²) >= 11 is 0. The van der Waals surface area contributed by atoms with Gasteiger partial charge in [0.1, 0.15) is 5.92 Å². The maximum absolute atomic E-state index is 11.4. The smallest absolute Gasteiger partial charge is 0.317 e. The molecule has 0 amide bonds. The summed E-state index contributed by atoms with van der Waals surface area (Å²) in [5.74, 6) is -1.12. The zero-order valence-electron chi connectivity index (χ0n) is 7.29. The third-order valence-electron chi connectivity index (χ3n) is 2.11. The van der Waals surface area contributed by atoms with Gasteiger partial charge in [-0.15, -0.1) is 0 Å². The number of ketones is 1. The van der Waals surface area contributed by atoms with Crippen LogP contribution in [-0.2, 0) is 14.3 Å². The Hall–Kier alpha value is -0.900. The maximum Gasteiger partial charge on any atom is 0.317 e. The van der Waals surface area contributed by atoms with Gasteiger partial charge in [-0.2, -0.15) is 0 Å². The first kappa shape index (κ1) is 9.19. The molecule has 1 N–H and O–H groups in total. The number of esters is 1. The molecule has 0 aromatic rings. The normalized spacial score (nSPS) is 30.0. The van der Waals surface area contributed by atoms with Gasteiger partial charge < -0.3 is 10.1 Å². The molecule has 1 aliphatic heterocycles. The SMILES string of the molecule is COC(=O)[C@@H]1CNC[C@H](C)C1=O. The lowest BCUT2D eigenvalue weighted by Crippen LogP contribution is -2.46. The summed E-state index contributed by atoms with van der Waals surface area (Å²) in [4.78, 5) is 22.4. The molecule has 1 aliphatic rings. The largest absolute Gasteiger partial charge is 0.468 e. The molecule has 4 nitrogen and oxygen atoms in total. The molecule has 0 aromatic heterocycles. The van der Waals surface area contributed by atoms with Crippen molar-refractivity contribution in [2.75, 3.05) is 20.2 Å². The van der Waals surface area contributed by atoms with E-state index in [4.69, 9.17) is 0 Å². The highest BCUT2D eigenvalue weighted by atomic mass is 16.5. The molecule has 12 heavy (non-hydrogen) atoms. The fourth-order valence-corrected chi connectivity index (χ4v) is 1.33. The minimum atomic E-state index is -0.598. The van der Waals surface area contributed by atoms with E-state index < -0.39 is 11.9 Å². The van der Waals surface area contributed by atoms with Crippen LogP contribution in [0.5, 0.6) is 0 Å². The van der Waals surface area contributed by atoms with E-state index >= 15 is 0 Å². The van der Waals surface area contributed by atoms with E-state index in [0.29, 0.717) is 13.1 Å². The number of ether oxygens (including phenoxy) is 1. The van der Waals surface area contributed by atoms with Crippen molar-refractivity contribution in [2.24, 2.45) is 11.8 Å². The van der Waals surface area contributed by atoms with Crippen molar-refractivity contribution in [3.05, 3.63) is 0 Å². The second-order valence-electron chi connectivity index (χ2n) is 3.04. The topological polar surface area (TPSA) is 55.4 Å². The zero-order valence-corrected chi connectivity index (χ0v) is 7.29. The number of carbonyl (C=O) groups excluding carboxylic acids is 2. The fraction of sp³-hybridized carbons (Fsp3) is 0.750. The third-order valence-corrected chi connectivity index (χ3v) is 2.11. The summed E-state index contributed by atoms with van der Waals surface area (Å²) in [6.07, 6.45) is 0. The molecule has 1 fully saturated rings. The van der Waals surface area contributed by atoms with Gasteiger partial charge in [0, 0.05) is 19.0 Å². The lowest BCUT2D eigenvalue weighted by Gasteiger charge is -2.24. The Balaban J connectivity index is 2.64. The quantitative estimate of drug-likeness (QED) is 0.430. The van der Waals surface area contributed by atoms with Crippen LogP contribution in [0.4, 0.5) is 0 Å². The van der Waals surface area contributed by atoms with Crippen molar-refractivity contribution in [2.45, 2.75) is 6.92 Å². The van der Waals surface area contributed by atoms with Crippen LogP contribution >= 0.6 is 0 Å². The Labute approximate surface area is 71.3 Å². The van der Waals surface area contributed by atoms with E-state index in [1.807, 2.05) is 6.92 Å². The summed E-state index contributed by atoms with van der Waals surface area (Å²) in [6, 6.07) is 0. The first-order valence-electron chi connectivity index (χ1n) is 3.99. The average molecular weight is 171 g/mol. The van der Waals surface area contributed by atoms with E-state index in [2.05, 4.69) is 10.1 Å². The summed E-state index contributed by atoms with van der Waals surface area (Å²) in [6.45, 7) is 2.88. The van der Waals surface area contributed by atoms with E-state index in [1.165, 1.54) is 7.11 Å². The van der Waals surface area contributed by atoms with Crippen molar-refractivity contribution < 1.29 is 14.3 Å². The van der Waals surface area contributed by atoms with Gasteiger partial charge in [0.25, 0.3) is 0 Å². The van der Waals surface area contributed by atoms with E-state index in [-0.39, 0.29) is 11.7 Å². The molecule has 1 saturated heterocycles. The van der Waals surface area contributed by atoms with Gasteiger partial charge in [-0.1, -0.05) is 6.92 Å². The standard InChI is InChI=1S/C8H13NO3/c1-5-3-9-4-6(7(5)10)8(11)12-2/h5-6,9H,3-4H2,1-2H3/t5-,6+/m0/s1. The summed E-state index contributed by atoms with van der Waals surface area (Å²) in [5, 5.41) is 3.01. The zero-order chi connectivity index (χ0) is 9.14. The molecule has 0 aliphatic carbocycles. The van der Waals surface area contributed by atoms with Gasteiger partial charge in [-0.3, -0.25) is 9.59 Å². The second-order valence-corrected chi connectivity index (χ2v) is 3.04. The Morgan fingerprint density at radius 1 is 1.58 bits per heavy atom. The van der Waals surface area contributed by atoms with Crippen LogP contribution in [-0.4, -0.2) is 32.0 Å². The van der Waals surface area contributed by atoms with Gasteiger partial charge in [0.2, 0.25) is 0 Å². The average Bonchev–Trinajstić information content (AvgIpc) is 2.08. The third kappa shape index (κ3) is 1.64. The molecule has 0 saturated carbocycles. The van der Waals surface area contributed by atoms with Crippen LogP contribution in [0.2, 0.25) is 0 Å². The Bertz CT molecular complexity index is 202. The van der Waals surface area contributed by atoms with Crippen molar-refractivity contribution in [3.63, 3.8) is 0 Å². The van der Waals surface area contributed by atoms with E-state index in [0.717, 1.165) is 0 Å². The van der Waals surface area contributed by atoms with Crippen molar-refractivity contribution in [1.29, 1.82) is 0 Å². The van der Waals surface area contributed by atoms with Crippen LogP contribution in [0.25, 0.3) is 0 Å². The minimum Gasteiger partial charge on any atom is -0.468 e. The number of piperidine rings is 1. The van der Waals surface area contributed by atoms with Gasteiger partial charge in [0.05, 0.1) is 7.11 Å². The van der Waals surface area contributed by atoms with Gasteiger partial charge in [-0.25, -0.2) is 0 Å². The minimum absolute atomic E-state index is 0.0133. The summed E-state index contributed by atoms with van der Waals surface area (Å²) in [5.41, 5.74) is 0. The van der Waals surface area contributed by atoms with Crippen LogP contribution in [0.15, 0.2) is 0 Å². The number of hydrogen-bond acceptors (Lipinski definition) is 4. The first-order valence-corrected chi connectivity index (χ1v) is 3.99. The molecule has 68 valence electrons. The summed E-state index contributed by atoms with van der Waals surface area (Å²) < 4.78 is 4.51. The second kappa shape index (κ2) is 3.67. The number of methoxy groups -OCH3 is 1. The predicted octanol–water partition coefficient (Wildman–Crippen LogP) is -0.416. The van der Waals surface area contributed by atoms with Crippen LogP contribution in [0.1, 0.15) is 6.92 Å². The number of rotatable bonds is 1. The molecule has 0 unspecified atom stereocenters. The van der Waals surface area contributed by atoms with Crippen LogP contribution < -0.4 is 5.32 Å². The fourth-order valence-electron chi connectivity index (χ4n) is 1.33. The van der Waals surface area contributed by atoms with Gasteiger partial charge in [0.15, 0.2) is 5.78 Å². The highest BCUT2D eigenvalue weighted by Crippen LogP contribution is 2.12. The highest BCUT2D eigenvalue weighted by Gasteiger charge is 2.33. The van der Waals surface area contributed by atoms with Crippen molar-refractivity contribution in [3.8, 4) is 0 Å². The molecule has 1 rings (SSSR count). The lowest BCUT2D eigenvalue weighted by atomic mass is 9.90. The first-order chi connectivity index (χ1) is 5.66. The van der Waals surface area contributed by atoms with Crippen LogP contribution in [0, 0.1) is 11.8 Å². The van der Waals surface area contributed by atoms with E-state index in [9.17, 15) is 9.59 Å². The van der Waals surface area contributed by atoms with Gasteiger partial charge in [-0.05, 0) is 0 Å². The molecule has 0 aromatic carbocycles. The highest BCUT2D eigenvalue weighted by molar-refractivity contribution is 6.00.